The third-order valence-corrected chi connectivity index (χ3v) is 4.79. The molecule has 11 heteroatoms. The Balaban J connectivity index is 1.59. The molecule has 2 aromatic rings. The van der Waals surface area contributed by atoms with E-state index in [2.05, 4.69) is 14.6 Å². The van der Waals surface area contributed by atoms with Crippen LogP contribution >= 0.6 is 0 Å². The molecule has 0 bridgehead atoms. The summed E-state index contributed by atoms with van der Waals surface area (Å²) < 4.78 is 28.7. The Morgan fingerprint density at radius 1 is 0.867 bits per heavy atom. The largest absolute Gasteiger partial charge is 0.365 e. The number of rotatable bonds is 6. The fraction of sp³-hybridized carbons (Fsp3) is 0. The number of nitro benzene ring substituents is 1. The van der Waals surface area contributed by atoms with E-state index in [1.54, 1.807) is 18.2 Å². The lowest BCUT2D eigenvalue weighted by atomic mass is 10.1. The Labute approximate surface area is 170 Å². The van der Waals surface area contributed by atoms with E-state index in [4.69, 9.17) is 4.84 Å². The van der Waals surface area contributed by atoms with Crippen molar-refractivity contribution in [2.45, 2.75) is 4.90 Å². The van der Waals surface area contributed by atoms with E-state index in [0.717, 1.165) is 0 Å². The monoisotopic (exact) mass is 427 g/mol. The van der Waals surface area contributed by atoms with Crippen LogP contribution in [-0.2, 0) is 19.2 Å². The SMILES string of the molecule is O=C(ON=C1C=CC(=NOS(=O)(=O)c2ccccc2)C=C1)c1ccc([N+](=O)[O-])cc1. The molecule has 10 nitrogen and oxygen atoms in total. The second-order valence-corrected chi connectivity index (χ2v) is 7.25. The molecule has 0 saturated carbocycles. The summed E-state index contributed by atoms with van der Waals surface area (Å²) in [5.41, 5.74) is 0.403. The van der Waals surface area contributed by atoms with Crippen LogP contribution in [0.15, 0.2) is 94.1 Å². The van der Waals surface area contributed by atoms with Gasteiger partial charge in [0.25, 0.3) is 5.69 Å². The number of nitro groups is 1. The van der Waals surface area contributed by atoms with Gasteiger partial charge in [-0.1, -0.05) is 28.5 Å². The molecular formula is C19H13N3O7S. The molecule has 0 N–H and O–H groups in total. The smallest absolute Gasteiger partial charge is 0.312 e. The fourth-order valence-electron chi connectivity index (χ4n) is 2.16. The first-order valence-corrected chi connectivity index (χ1v) is 9.73. The van der Waals surface area contributed by atoms with Crippen LogP contribution in [0.1, 0.15) is 10.4 Å². The van der Waals surface area contributed by atoms with Gasteiger partial charge in [0.05, 0.1) is 10.5 Å². The number of carbonyl (C=O) groups excluding carboxylic acids is 1. The Morgan fingerprint density at radius 3 is 2.00 bits per heavy atom. The van der Waals surface area contributed by atoms with Crippen LogP contribution < -0.4 is 0 Å². The molecule has 30 heavy (non-hydrogen) atoms. The van der Waals surface area contributed by atoms with Crippen molar-refractivity contribution < 1.29 is 27.3 Å². The maximum Gasteiger partial charge on any atom is 0.365 e. The van der Waals surface area contributed by atoms with Gasteiger partial charge in [-0.3, -0.25) is 14.4 Å². The summed E-state index contributed by atoms with van der Waals surface area (Å²) in [6, 6.07) is 12.4. The fourth-order valence-corrected chi connectivity index (χ4v) is 2.92. The second-order valence-electron chi connectivity index (χ2n) is 5.72. The van der Waals surface area contributed by atoms with E-state index in [9.17, 15) is 23.3 Å². The van der Waals surface area contributed by atoms with E-state index in [1.807, 2.05) is 0 Å². The van der Waals surface area contributed by atoms with Crippen molar-refractivity contribution in [3.8, 4) is 0 Å². The Bertz CT molecular complexity index is 1160. The summed E-state index contributed by atoms with van der Waals surface area (Å²) in [5.74, 6) is -0.795. The van der Waals surface area contributed by atoms with Crippen molar-refractivity contribution in [3.05, 3.63) is 94.6 Å². The average Bonchev–Trinajstić information content (AvgIpc) is 2.77. The molecule has 1 aliphatic rings. The Kier molecular flexibility index (Phi) is 6.13. The summed E-state index contributed by atoms with van der Waals surface area (Å²) in [4.78, 5) is 26.7. The first-order chi connectivity index (χ1) is 14.3. The minimum Gasteiger partial charge on any atom is -0.312 e. The number of benzene rings is 2. The highest BCUT2D eigenvalue weighted by atomic mass is 32.2. The quantitative estimate of drug-likeness (QED) is 0.299. The van der Waals surface area contributed by atoms with Crippen molar-refractivity contribution in [2.24, 2.45) is 10.3 Å². The molecule has 0 heterocycles. The van der Waals surface area contributed by atoms with Gasteiger partial charge in [-0.2, -0.15) is 8.42 Å². The van der Waals surface area contributed by atoms with Gasteiger partial charge in [-0.15, -0.1) is 0 Å². The van der Waals surface area contributed by atoms with E-state index < -0.39 is 21.0 Å². The minimum absolute atomic E-state index is 0.0291. The summed E-state index contributed by atoms with van der Waals surface area (Å²) in [5, 5.41) is 17.8. The molecule has 152 valence electrons. The number of hydrogen-bond donors (Lipinski definition) is 0. The third-order valence-electron chi connectivity index (χ3n) is 3.67. The highest BCUT2D eigenvalue weighted by molar-refractivity contribution is 7.86. The first kappa shape index (κ1) is 20.6. The molecular weight excluding hydrogens is 414 g/mol. The average molecular weight is 427 g/mol. The number of non-ortho nitro benzene ring substituents is 1. The highest BCUT2D eigenvalue weighted by Gasteiger charge is 2.15. The summed E-state index contributed by atoms with van der Waals surface area (Å²) in [7, 11) is -4.03. The van der Waals surface area contributed by atoms with E-state index in [0.29, 0.717) is 0 Å². The van der Waals surface area contributed by atoms with E-state index >= 15 is 0 Å². The second kappa shape index (κ2) is 8.92. The minimum atomic E-state index is -4.03. The normalized spacial score (nSPS) is 12.9. The lowest BCUT2D eigenvalue weighted by Crippen LogP contribution is -2.07. The topological polar surface area (TPSA) is 138 Å². The van der Waals surface area contributed by atoms with Crippen molar-refractivity contribution in [1.29, 1.82) is 0 Å². The molecule has 0 saturated heterocycles. The standard InChI is InChI=1S/C19H13N3O7S/c23-19(14-6-12-17(13-7-14)22(24)25)28-20-15-8-10-16(11-9-15)21-29-30(26,27)18-4-2-1-3-5-18/h1-13H. The van der Waals surface area contributed by atoms with Crippen LogP contribution in [-0.4, -0.2) is 30.7 Å². The van der Waals surface area contributed by atoms with Crippen molar-refractivity contribution in [2.75, 3.05) is 0 Å². The molecule has 0 amide bonds. The van der Waals surface area contributed by atoms with Crippen molar-refractivity contribution in [1.82, 2.24) is 0 Å². The first-order valence-electron chi connectivity index (χ1n) is 8.32. The predicted molar refractivity (Wildman–Crippen MR) is 106 cm³/mol. The maximum atomic E-state index is 12.0. The van der Waals surface area contributed by atoms with Gasteiger partial charge in [0, 0.05) is 12.1 Å². The molecule has 0 aliphatic heterocycles. The molecule has 0 spiro atoms. The van der Waals surface area contributed by atoms with Gasteiger partial charge < -0.3 is 4.84 Å². The highest BCUT2D eigenvalue weighted by Crippen LogP contribution is 2.14. The predicted octanol–water partition coefficient (Wildman–Crippen LogP) is 3.00. The molecule has 0 atom stereocenters. The van der Waals surface area contributed by atoms with E-state index in [-0.39, 0.29) is 27.6 Å². The lowest BCUT2D eigenvalue weighted by Gasteiger charge is -2.04. The van der Waals surface area contributed by atoms with Gasteiger partial charge >= 0.3 is 16.1 Å². The van der Waals surface area contributed by atoms with Gasteiger partial charge in [-0.25, -0.2) is 4.79 Å². The van der Waals surface area contributed by atoms with Crippen molar-refractivity contribution in [3.63, 3.8) is 0 Å². The van der Waals surface area contributed by atoms with Crippen LogP contribution in [0, 0.1) is 10.1 Å². The lowest BCUT2D eigenvalue weighted by molar-refractivity contribution is -0.384. The van der Waals surface area contributed by atoms with Crippen LogP contribution in [0.2, 0.25) is 0 Å². The summed E-state index contributed by atoms with van der Waals surface area (Å²) in [6.07, 6.45) is 5.69. The van der Waals surface area contributed by atoms with Gasteiger partial charge in [0.2, 0.25) is 0 Å². The van der Waals surface area contributed by atoms with E-state index in [1.165, 1.54) is 60.7 Å². The maximum absolute atomic E-state index is 12.0. The van der Waals surface area contributed by atoms with Gasteiger partial charge in [0.1, 0.15) is 16.3 Å². The van der Waals surface area contributed by atoms with Crippen LogP contribution in [0.3, 0.4) is 0 Å². The van der Waals surface area contributed by atoms with Crippen LogP contribution in [0.25, 0.3) is 0 Å². The summed E-state index contributed by atoms with van der Waals surface area (Å²) in [6.45, 7) is 0. The number of oxime groups is 2. The zero-order chi connectivity index (χ0) is 21.6. The molecule has 0 radical (unpaired) electrons. The molecule has 0 aromatic heterocycles. The molecule has 0 unspecified atom stereocenters. The van der Waals surface area contributed by atoms with Crippen LogP contribution in [0.4, 0.5) is 5.69 Å². The number of carbonyl (C=O) groups is 1. The number of nitrogens with zero attached hydrogens (tertiary/aromatic N) is 3. The zero-order valence-electron chi connectivity index (χ0n) is 15.1. The number of allylic oxidation sites excluding steroid dienone is 4. The molecule has 3 rings (SSSR count). The van der Waals surface area contributed by atoms with Gasteiger partial charge in [-0.05, 0) is 48.6 Å². The van der Waals surface area contributed by atoms with Gasteiger partial charge in [0.15, 0.2) is 0 Å². The summed E-state index contributed by atoms with van der Waals surface area (Å²) >= 11 is 0. The van der Waals surface area contributed by atoms with Crippen LogP contribution in [0.5, 0.6) is 0 Å². The molecule has 0 fully saturated rings. The molecule has 2 aromatic carbocycles. The molecule has 1 aliphatic carbocycles. The Morgan fingerprint density at radius 2 is 1.43 bits per heavy atom. The third kappa shape index (κ3) is 5.23. The zero-order valence-corrected chi connectivity index (χ0v) is 15.9. The Hall–Kier alpha value is -4.12. The number of hydrogen-bond acceptors (Lipinski definition) is 9. The van der Waals surface area contributed by atoms with Crippen molar-refractivity contribution >= 4 is 33.2 Å².